The molecule has 0 atom stereocenters. The summed E-state index contributed by atoms with van der Waals surface area (Å²) < 4.78 is 5.05. The van der Waals surface area contributed by atoms with E-state index in [-0.39, 0.29) is 5.91 Å². The number of hydrogen-bond acceptors (Lipinski definition) is 3. The minimum Gasteiger partial charge on any atom is -0.462 e. The Morgan fingerprint density at radius 1 is 1.17 bits per heavy atom. The van der Waals surface area contributed by atoms with E-state index in [2.05, 4.69) is 4.98 Å². The van der Waals surface area contributed by atoms with E-state index >= 15 is 0 Å². The van der Waals surface area contributed by atoms with Crippen molar-refractivity contribution in [2.24, 2.45) is 0 Å². The van der Waals surface area contributed by atoms with Gasteiger partial charge in [0.05, 0.1) is 12.2 Å². The molecule has 5 nitrogen and oxygen atoms in total. The van der Waals surface area contributed by atoms with Crippen molar-refractivity contribution in [2.45, 2.75) is 27.3 Å². The molecule has 1 aromatic heterocycles. The molecule has 0 unspecified atom stereocenters. The number of nitrogens with one attached hydrogen (secondary N) is 1. The highest BCUT2D eigenvalue weighted by Crippen LogP contribution is 2.20. The number of esters is 1. The van der Waals surface area contributed by atoms with Crippen LogP contribution in [0.1, 0.15) is 44.6 Å². The van der Waals surface area contributed by atoms with Crippen molar-refractivity contribution < 1.29 is 14.3 Å². The summed E-state index contributed by atoms with van der Waals surface area (Å²) in [6, 6.07) is 9.77. The lowest BCUT2D eigenvalue weighted by Gasteiger charge is -2.17. The highest BCUT2D eigenvalue weighted by atomic mass is 16.5. The summed E-state index contributed by atoms with van der Waals surface area (Å²) in [6.07, 6.45) is 0. The van der Waals surface area contributed by atoms with Crippen LogP contribution in [0.2, 0.25) is 0 Å². The van der Waals surface area contributed by atoms with E-state index in [0.29, 0.717) is 35.7 Å². The Bertz CT molecular complexity index is 705. The van der Waals surface area contributed by atoms with Crippen molar-refractivity contribution in [3.8, 4) is 0 Å². The Morgan fingerprint density at radius 2 is 1.83 bits per heavy atom. The number of hydrogen-bond donors (Lipinski definition) is 1. The zero-order valence-electron chi connectivity index (χ0n) is 14.0. The number of rotatable bonds is 5. The molecule has 23 heavy (non-hydrogen) atoms. The Balaban J connectivity index is 2.22. The molecule has 0 saturated heterocycles. The maximum Gasteiger partial charge on any atom is 0.340 e. The lowest BCUT2D eigenvalue weighted by molar-refractivity contribution is 0.0525. The topological polar surface area (TPSA) is 62.4 Å². The van der Waals surface area contributed by atoms with Crippen LogP contribution >= 0.6 is 0 Å². The molecule has 5 heteroatoms. The van der Waals surface area contributed by atoms with E-state index in [1.165, 1.54) is 0 Å². The first-order chi connectivity index (χ1) is 11.0. The van der Waals surface area contributed by atoms with Gasteiger partial charge in [0.2, 0.25) is 0 Å². The number of aryl methyl sites for hydroxylation is 1. The fourth-order valence-electron chi connectivity index (χ4n) is 2.59. The van der Waals surface area contributed by atoms with Gasteiger partial charge in [-0.25, -0.2) is 4.79 Å². The van der Waals surface area contributed by atoms with Gasteiger partial charge in [0.15, 0.2) is 0 Å². The molecular formula is C18H22N2O3. The third-order valence-electron chi connectivity index (χ3n) is 3.74. The van der Waals surface area contributed by atoms with Gasteiger partial charge in [-0.05, 0) is 31.9 Å². The van der Waals surface area contributed by atoms with E-state index < -0.39 is 5.97 Å². The van der Waals surface area contributed by atoms with E-state index in [9.17, 15) is 9.59 Å². The first kappa shape index (κ1) is 16.8. The van der Waals surface area contributed by atoms with Crippen LogP contribution < -0.4 is 0 Å². The average molecular weight is 314 g/mol. The zero-order chi connectivity index (χ0) is 17.0. The molecule has 0 bridgehead atoms. The summed E-state index contributed by atoms with van der Waals surface area (Å²) in [6.45, 7) is 6.10. The number of ether oxygens (including phenoxy) is 1. The molecule has 0 radical (unpaired) electrons. The Kier molecular flexibility index (Phi) is 5.21. The van der Waals surface area contributed by atoms with Crippen LogP contribution in [0.3, 0.4) is 0 Å². The lowest BCUT2D eigenvalue weighted by atomic mass is 10.1. The minimum atomic E-state index is -0.400. The molecule has 0 aliphatic rings. The van der Waals surface area contributed by atoms with Crippen molar-refractivity contribution in [2.75, 3.05) is 13.7 Å². The zero-order valence-corrected chi connectivity index (χ0v) is 14.0. The fourth-order valence-corrected chi connectivity index (χ4v) is 2.59. The van der Waals surface area contributed by atoms with E-state index in [0.717, 1.165) is 5.56 Å². The van der Waals surface area contributed by atoms with Crippen LogP contribution in [-0.2, 0) is 11.3 Å². The van der Waals surface area contributed by atoms with Crippen LogP contribution in [0.15, 0.2) is 30.3 Å². The SMILES string of the molecule is CCOC(=O)c1c(C)[nH]c(C(=O)N(C)Cc2ccccc2)c1C. The third-order valence-corrected chi connectivity index (χ3v) is 3.74. The van der Waals surface area contributed by atoms with Crippen LogP contribution in [0.25, 0.3) is 0 Å². The van der Waals surface area contributed by atoms with Gasteiger partial charge in [0, 0.05) is 19.3 Å². The van der Waals surface area contributed by atoms with Gasteiger partial charge in [-0.1, -0.05) is 30.3 Å². The predicted molar refractivity (Wildman–Crippen MR) is 88.5 cm³/mol. The Hall–Kier alpha value is -2.56. The molecule has 1 aromatic carbocycles. The largest absolute Gasteiger partial charge is 0.462 e. The molecule has 2 rings (SSSR count). The molecule has 0 aliphatic heterocycles. The maximum atomic E-state index is 12.7. The molecule has 0 saturated carbocycles. The standard InChI is InChI=1S/C18H22N2O3/c1-5-23-18(22)15-12(2)16(19-13(15)3)17(21)20(4)11-14-9-7-6-8-10-14/h6-10,19H,5,11H2,1-4H3. The average Bonchev–Trinajstić information content (AvgIpc) is 2.82. The fraction of sp³-hybridized carbons (Fsp3) is 0.333. The van der Waals surface area contributed by atoms with Gasteiger partial charge < -0.3 is 14.6 Å². The summed E-state index contributed by atoms with van der Waals surface area (Å²) in [5, 5.41) is 0. The summed E-state index contributed by atoms with van der Waals surface area (Å²) >= 11 is 0. The number of benzene rings is 1. The van der Waals surface area contributed by atoms with E-state index in [1.807, 2.05) is 30.3 Å². The number of carbonyl (C=O) groups excluding carboxylic acids is 2. The second-order valence-electron chi connectivity index (χ2n) is 5.49. The van der Waals surface area contributed by atoms with Crippen molar-refractivity contribution in [1.82, 2.24) is 9.88 Å². The first-order valence-corrected chi connectivity index (χ1v) is 7.61. The molecule has 1 amide bonds. The van der Waals surface area contributed by atoms with Gasteiger partial charge in [-0.2, -0.15) is 0 Å². The molecule has 1 heterocycles. The minimum absolute atomic E-state index is 0.148. The molecule has 0 aliphatic carbocycles. The quantitative estimate of drug-likeness (QED) is 0.863. The van der Waals surface area contributed by atoms with Crippen molar-refractivity contribution in [3.05, 3.63) is 58.4 Å². The molecule has 122 valence electrons. The highest BCUT2D eigenvalue weighted by Gasteiger charge is 2.24. The molecule has 1 N–H and O–H groups in total. The van der Waals surface area contributed by atoms with Gasteiger partial charge >= 0.3 is 5.97 Å². The number of H-pyrrole nitrogens is 1. The van der Waals surface area contributed by atoms with E-state index in [1.54, 1.807) is 32.7 Å². The number of amides is 1. The lowest BCUT2D eigenvalue weighted by Crippen LogP contribution is -2.27. The van der Waals surface area contributed by atoms with Crippen LogP contribution in [0.5, 0.6) is 0 Å². The maximum absolute atomic E-state index is 12.7. The summed E-state index contributed by atoms with van der Waals surface area (Å²) in [7, 11) is 1.75. The van der Waals surface area contributed by atoms with Crippen molar-refractivity contribution in [1.29, 1.82) is 0 Å². The van der Waals surface area contributed by atoms with Crippen LogP contribution in [0.4, 0.5) is 0 Å². The van der Waals surface area contributed by atoms with E-state index in [4.69, 9.17) is 4.74 Å². The highest BCUT2D eigenvalue weighted by molar-refractivity contribution is 6.00. The number of aromatic amines is 1. The molecule has 2 aromatic rings. The molecule has 0 spiro atoms. The summed E-state index contributed by atoms with van der Waals surface area (Å²) in [5.74, 6) is -0.548. The van der Waals surface area contributed by atoms with Crippen molar-refractivity contribution >= 4 is 11.9 Å². The molecular weight excluding hydrogens is 292 g/mol. The second-order valence-corrected chi connectivity index (χ2v) is 5.49. The van der Waals surface area contributed by atoms with Gasteiger partial charge in [0.25, 0.3) is 5.91 Å². The predicted octanol–water partition coefficient (Wildman–Crippen LogP) is 3.08. The number of aromatic nitrogens is 1. The first-order valence-electron chi connectivity index (χ1n) is 7.61. The Labute approximate surface area is 136 Å². The smallest absolute Gasteiger partial charge is 0.340 e. The monoisotopic (exact) mass is 314 g/mol. The van der Waals surface area contributed by atoms with Crippen LogP contribution in [0, 0.1) is 13.8 Å². The molecule has 0 fully saturated rings. The van der Waals surface area contributed by atoms with Gasteiger partial charge in [-0.15, -0.1) is 0 Å². The van der Waals surface area contributed by atoms with Gasteiger partial charge in [-0.3, -0.25) is 4.79 Å². The normalized spacial score (nSPS) is 10.4. The third kappa shape index (κ3) is 3.62. The summed E-state index contributed by atoms with van der Waals surface area (Å²) in [4.78, 5) is 29.3. The Morgan fingerprint density at radius 3 is 2.43 bits per heavy atom. The second kappa shape index (κ2) is 7.13. The van der Waals surface area contributed by atoms with Gasteiger partial charge in [0.1, 0.15) is 5.69 Å². The summed E-state index contributed by atoms with van der Waals surface area (Å²) in [5.41, 5.74) is 3.21. The van der Waals surface area contributed by atoms with Crippen molar-refractivity contribution in [3.63, 3.8) is 0 Å². The van der Waals surface area contributed by atoms with Crippen LogP contribution in [-0.4, -0.2) is 35.4 Å². The number of nitrogens with zero attached hydrogens (tertiary/aromatic N) is 1. The number of carbonyl (C=O) groups is 2.